The van der Waals surface area contributed by atoms with Gasteiger partial charge in [0.25, 0.3) is 0 Å². The van der Waals surface area contributed by atoms with E-state index in [1.807, 2.05) is 18.2 Å². The van der Waals surface area contributed by atoms with Crippen molar-refractivity contribution < 1.29 is 13.9 Å². The van der Waals surface area contributed by atoms with Gasteiger partial charge in [0.1, 0.15) is 23.1 Å². The number of aromatic nitrogens is 2. The molecule has 6 nitrogen and oxygen atoms in total. The van der Waals surface area contributed by atoms with Gasteiger partial charge in [0, 0.05) is 18.8 Å². The number of halogens is 1. The second-order valence-corrected chi connectivity index (χ2v) is 5.44. The van der Waals surface area contributed by atoms with Gasteiger partial charge < -0.3 is 20.1 Å². The van der Waals surface area contributed by atoms with Gasteiger partial charge in [-0.05, 0) is 35.9 Å². The van der Waals surface area contributed by atoms with Gasteiger partial charge in [-0.25, -0.2) is 9.37 Å². The number of nitrogens with one attached hydrogen (secondary N) is 2. The lowest BCUT2D eigenvalue weighted by Crippen LogP contribution is -2.05. The minimum absolute atomic E-state index is 0.261. The molecule has 0 saturated carbocycles. The van der Waals surface area contributed by atoms with E-state index in [4.69, 9.17) is 9.47 Å². The molecule has 0 fully saturated rings. The van der Waals surface area contributed by atoms with Gasteiger partial charge in [-0.2, -0.15) is 4.98 Å². The monoisotopic (exact) mass is 354 g/mol. The molecule has 0 unspecified atom stereocenters. The number of hydrogen-bond donors (Lipinski definition) is 2. The van der Waals surface area contributed by atoms with Crippen LogP contribution >= 0.6 is 0 Å². The number of benzene rings is 2. The second-order valence-electron chi connectivity index (χ2n) is 5.44. The van der Waals surface area contributed by atoms with Crippen LogP contribution in [-0.4, -0.2) is 24.2 Å². The van der Waals surface area contributed by atoms with Crippen LogP contribution in [0.5, 0.6) is 11.5 Å². The Morgan fingerprint density at radius 3 is 2.54 bits per heavy atom. The zero-order chi connectivity index (χ0) is 18.4. The largest absolute Gasteiger partial charge is 0.497 e. The lowest BCUT2D eigenvalue weighted by molar-refractivity contribution is 0.405. The van der Waals surface area contributed by atoms with Crippen molar-refractivity contribution in [3.8, 4) is 11.5 Å². The van der Waals surface area contributed by atoms with Crippen LogP contribution in [0.15, 0.2) is 54.7 Å². The summed E-state index contributed by atoms with van der Waals surface area (Å²) >= 11 is 0. The van der Waals surface area contributed by atoms with Crippen molar-refractivity contribution in [3.63, 3.8) is 0 Å². The molecule has 1 heterocycles. The van der Waals surface area contributed by atoms with Crippen LogP contribution in [0.3, 0.4) is 0 Å². The lowest BCUT2D eigenvalue weighted by atomic mass is 10.2. The summed E-state index contributed by atoms with van der Waals surface area (Å²) in [6, 6.07) is 13.5. The Labute approximate surface area is 151 Å². The maximum absolute atomic E-state index is 13.0. The van der Waals surface area contributed by atoms with E-state index in [0.29, 0.717) is 29.8 Å². The van der Waals surface area contributed by atoms with Gasteiger partial charge in [-0.1, -0.05) is 12.1 Å². The van der Waals surface area contributed by atoms with E-state index in [2.05, 4.69) is 20.6 Å². The number of ether oxygens (including phenoxy) is 2. The summed E-state index contributed by atoms with van der Waals surface area (Å²) in [6.45, 7) is 0.492. The SMILES string of the molecule is COc1ccc(OC)c(Nc2ccnc(NCc3ccc(F)cc3)n2)c1. The molecule has 134 valence electrons. The van der Waals surface area contributed by atoms with Crippen molar-refractivity contribution in [2.45, 2.75) is 6.54 Å². The molecule has 2 N–H and O–H groups in total. The summed E-state index contributed by atoms with van der Waals surface area (Å²) in [4.78, 5) is 8.63. The Hall–Kier alpha value is -3.35. The Bertz CT molecular complexity index is 872. The van der Waals surface area contributed by atoms with Crippen LogP contribution in [0.2, 0.25) is 0 Å². The van der Waals surface area contributed by atoms with E-state index in [-0.39, 0.29) is 5.82 Å². The number of methoxy groups -OCH3 is 2. The van der Waals surface area contributed by atoms with Crippen molar-refractivity contribution in [2.75, 3.05) is 24.9 Å². The fraction of sp³-hybridized carbons (Fsp3) is 0.158. The topological polar surface area (TPSA) is 68.3 Å². The molecule has 2 aromatic carbocycles. The van der Waals surface area contributed by atoms with Crippen LogP contribution in [-0.2, 0) is 6.54 Å². The van der Waals surface area contributed by atoms with Crippen LogP contribution in [0.1, 0.15) is 5.56 Å². The molecule has 0 bridgehead atoms. The van der Waals surface area contributed by atoms with Crippen molar-refractivity contribution in [3.05, 3.63) is 66.1 Å². The van der Waals surface area contributed by atoms with Gasteiger partial charge in [0.05, 0.1) is 19.9 Å². The molecule has 0 radical (unpaired) electrons. The molecule has 0 atom stereocenters. The average Bonchev–Trinajstić information content (AvgIpc) is 2.68. The molecule has 0 amide bonds. The standard InChI is InChI=1S/C19H19FN4O2/c1-25-15-7-8-17(26-2)16(11-15)23-18-9-10-21-19(24-18)22-12-13-3-5-14(20)6-4-13/h3-11H,12H2,1-2H3,(H2,21,22,23,24). The third-order valence-corrected chi connectivity index (χ3v) is 3.69. The summed E-state index contributed by atoms with van der Waals surface area (Å²) in [5, 5.41) is 6.32. The van der Waals surface area contributed by atoms with E-state index in [9.17, 15) is 4.39 Å². The molecule has 26 heavy (non-hydrogen) atoms. The number of rotatable bonds is 7. The zero-order valence-corrected chi connectivity index (χ0v) is 14.5. The zero-order valence-electron chi connectivity index (χ0n) is 14.5. The van der Waals surface area contributed by atoms with Crippen LogP contribution in [0, 0.1) is 5.82 Å². The van der Waals surface area contributed by atoms with Gasteiger partial charge in [-0.3, -0.25) is 0 Å². The van der Waals surface area contributed by atoms with E-state index in [0.717, 1.165) is 11.3 Å². The molecule has 0 spiro atoms. The fourth-order valence-corrected chi connectivity index (χ4v) is 2.35. The second kappa shape index (κ2) is 8.15. The minimum Gasteiger partial charge on any atom is -0.497 e. The summed E-state index contributed by atoms with van der Waals surface area (Å²) in [6.07, 6.45) is 1.65. The van der Waals surface area contributed by atoms with E-state index in [1.54, 1.807) is 38.6 Å². The number of hydrogen-bond acceptors (Lipinski definition) is 6. The first-order chi connectivity index (χ1) is 12.7. The van der Waals surface area contributed by atoms with Crippen molar-refractivity contribution >= 4 is 17.5 Å². The molecule has 3 rings (SSSR count). The molecule has 1 aromatic heterocycles. The molecule has 0 aliphatic carbocycles. The molecule has 3 aromatic rings. The first kappa shape index (κ1) is 17.5. The molecular weight excluding hydrogens is 335 g/mol. The summed E-state index contributed by atoms with van der Waals surface area (Å²) in [5.41, 5.74) is 1.66. The molecule has 0 saturated heterocycles. The first-order valence-corrected chi connectivity index (χ1v) is 7.98. The van der Waals surface area contributed by atoms with Crippen molar-refractivity contribution in [1.82, 2.24) is 9.97 Å². The molecular formula is C19H19FN4O2. The van der Waals surface area contributed by atoms with Crippen molar-refractivity contribution in [2.24, 2.45) is 0 Å². The highest BCUT2D eigenvalue weighted by Gasteiger charge is 2.07. The van der Waals surface area contributed by atoms with Crippen molar-refractivity contribution in [1.29, 1.82) is 0 Å². The number of anilines is 3. The third-order valence-electron chi connectivity index (χ3n) is 3.69. The molecule has 7 heteroatoms. The quantitative estimate of drug-likeness (QED) is 0.669. The van der Waals surface area contributed by atoms with E-state index < -0.39 is 0 Å². The minimum atomic E-state index is -0.261. The van der Waals surface area contributed by atoms with Crippen LogP contribution in [0.4, 0.5) is 21.8 Å². The predicted octanol–water partition coefficient (Wildman–Crippen LogP) is 3.99. The molecule has 0 aliphatic rings. The highest BCUT2D eigenvalue weighted by Crippen LogP contribution is 2.31. The highest BCUT2D eigenvalue weighted by atomic mass is 19.1. The summed E-state index contributed by atoms with van der Waals surface area (Å²) in [5.74, 6) is 2.18. The van der Waals surface area contributed by atoms with Gasteiger partial charge in [0.2, 0.25) is 5.95 Å². The van der Waals surface area contributed by atoms with Gasteiger partial charge in [-0.15, -0.1) is 0 Å². The van der Waals surface area contributed by atoms with Gasteiger partial charge >= 0.3 is 0 Å². The lowest BCUT2D eigenvalue weighted by Gasteiger charge is -2.13. The van der Waals surface area contributed by atoms with Gasteiger partial charge in [0.15, 0.2) is 0 Å². The number of nitrogens with zero attached hydrogens (tertiary/aromatic N) is 2. The highest BCUT2D eigenvalue weighted by molar-refractivity contribution is 5.66. The third kappa shape index (κ3) is 4.38. The summed E-state index contributed by atoms with van der Waals surface area (Å²) in [7, 11) is 3.20. The molecule has 0 aliphatic heterocycles. The fourth-order valence-electron chi connectivity index (χ4n) is 2.35. The van der Waals surface area contributed by atoms with E-state index in [1.165, 1.54) is 12.1 Å². The van der Waals surface area contributed by atoms with Crippen LogP contribution < -0.4 is 20.1 Å². The van der Waals surface area contributed by atoms with E-state index >= 15 is 0 Å². The Morgan fingerprint density at radius 1 is 1.00 bits per heavy atom. The average molecular weight is 354 g/mol. The maximum atomic E-state index is 13.0. The Kier molecular flexibility index (Phi) is 5.48. The van der Waals surface area contributed by atoms with Crippen LogP contribution in [0.25, 0.3) is 0 Å². The smallest absolute Gasteiger partial charge is 0.224 e. The normalized spacial score (nSPS) is 10.3. The first-order valence-electron chi connectivity index (χ1n) is 7.98. The summed E-state index contributed by atoms with van der Waals surface area (Å²) < 4.78 is 23.6. The predicted molar refractivity (Wildman–Crippen MR) is 98.6 cm³/mol. The Morgan fingerprint density at radius 2 is 1.81 bits per heavy atom. The maximum Gasteiger partial charge on any atom is 0.224 e. The Balaban J connectivity index is 1.72.